The monoisotopic (exact) mass is 507 g/mol. The van der Waals surface area contributed by atoms with Gasteiger partial charge in [-0.3, -0.25) is 4.79 Å². The van der Waals surface area contributed by atoms with Crippen LogP contribution in [0.3, 0.4) is 0 Å². The van der Waals surface area contributed by atoms with Crippen LogP contribution in [0.5, 0.6) is 5.75 Å². The average Bonchev–Trinajstić information content (AvgIpc) is 3.06. The molecule has 1 N–H and O–H groups in total. The summed E-state index contributed by atoms with van der Waals surface area (Å²) in [4.78, 5) is 41.3. The summed E-state index contributed by atoms with van der Waals surface area (Å²) in [5.41, 5.74) is 2.63. The number of nitrogens with zero attached hydrogens (tertiary/aromatic N) is 1. The van der Waals surface area contributed by atoms with Gasteiger partial charge in [-0.15, -0.1) is 0 Å². The zero-order valence-corrected chi connectivity index (χ0v) is 20.4. The molecule has 0 spiro atoms. The lowest BCUT2D eigenvalue weighted by atomic mass is 9.92. The SMILES string of the molecule is COC(=O)C1=CC(C(=O)c2cc(C)c(C)c(Br)c2O)=C2SC(C)=C(C)N2C1C(=O)OC. The van der Waals surface area contributed by atoms with Crippen LogP contribution < -0.4 is 0 Å². The molecule has 1 aromatic carbocycles. The number of hydrogen-bond donors (Lipinski definition) is 1. The van der Waals surface area contributed by atoms with Gasteiger partial charge < -0.3 is 19.5 Å². The molecule has 2 aliphatic heterocycles. The number of carbonyl (C=O) groups excluding carboxylic acids is 3. The van der Waals surface area contributed by atoms with E-state index in [0.717, 1.165) is 21.7 Å². The molecule has 3 rings (SSSR count). The zero-order valence-electron chi connectivity index (χ0n) is 18.0. The third-order valence-electron chi connectivity index (χ3n) is 5.50. The molecular weight excluding hydrogens is 486 g/mol. The molecule has 0 amide bonds. The number of rotatable bonds is 4. The molecule has 0 fully saturated rings. The maximum atomic E-state index is 13.6. The van der Waals surface area contributed by atoms with Crippen molar-refractivity contribution in [2.45, 2.75) is 33.7 Å². The van der Waals surface area contributed by atoms with E-state index in [1.54, 1.807) is 17.9 Å². The molecule has 2 aliphatic rings. The number of allylic oxidation sites excluding steroid dienone is 4. The van der Waals surface area contributed by atoms with Crippen LogP contribution in [0.15, 0.2) is 43.4 Å². The highest BCUT2D eigenvalue weighted by atomic mass is 79.9. The molecule has 7 nitrogen and oxygen atoms in total. The van der Waals surface area contributed by atoms with Crippen LogP contribution in [-0.4, -0.2) is 48.0 Å². The highest BCUT2D eigenvalue weighted by Crippen LogP contribution is 2.48. The van der Waals surface area contributed by atoms with E-state index in [1.807, 2.05) is 20.8 Å². The van der Waals surface area contributed by atoms with Crippen molar-refractivity contribution in [3.63, 3.8) is 0 Å². The number of ketones is 1. The minimum Gasteiger partial charge on any atom is -0.506 e. The van der Waals surface area contributed by atoms with Crippen LogP contribution >= 0.6 is 27.7 Å². The summed E-state index contributed by atoms with van der Waals surface area (Å²) in [6.07, 6.45) is 1.36. The molecular formula is C22H22BrNO6S. The number of Topliss-reactive ketones (excluding diaryl/α,β-unsaturated/α-hetero) is 1. The number of aryl methyl sites for hydroxylation is 1. The van der Waals surface area contributed by atoms with Gasteiger partial charge in [0, 0.05) is 10.6 Å². The summed E-state index contributed by atoms with van der Waals surface area (Å²) in [7, 11) is 2.44. The predicted molar refractivity (Wildman–Crippen MR) is 120 cm³/mol. The van der Waals surface area contributed by atoms with Crippen molar-refractivity contribution in [3.05, 3.63) is 60.1 Å². The van der Waals surface area contributed by atoms with Crippen LogP contribution in [0.4, 0.5) is 0 Å². The van der Waals surface area contributed by atoms with Gasteiger partial charge in [-0.2, -0.15) is 0 Å². The quantitative estimate of drug-likeness (QED) is 0.480. The number of phenols is 1. The van der Waals surface area contributed by atoms with Crippen molar-refractivity contribution in [3.8, 4) is 5.75 Å². The van der Waals surface area contributed by atoms with E-state index in [0.29, 0.717) is 9.50 Å². The molecule has 0 saturated carbocycles. The molecule has 1 atom stereocenters. The first-order valence-corrected chi connectivity index (χ1v) is 11.0. The lowest BCUT2D eigenvalue weighted by molar-refractivity contribution is -0.147. The third-order valence-corrected chi connectivity index (χ3v) is 7.68. The second-order valence-corrected chi connectivity index (χ2v) is 9.20. The van der Waals surface area contributed by atoms with E-state index in [-0.39, 0.29) is 22.5 Å². The van der Waals surface area contributed by atoms with Crippen LogP contribution in [0.2, 0.25) is 0 Å². The van der Waals surface area contributed by atoms with E-state index < -0.39 is 23.8 Å². The number of methoxy groups -OCH3 is 2. The van der Waals surface area contributed by atoms with Crippen LogP contribution in [0.25, 0.3) is 0 Å². The van der Waals surface area contributed by atoms with Gasteiger partial charge in [0.05, 0.1) is 40.4 Å². The minimum absolute atomic E-state index is 0.0153. The summed E-state index contributed by atoms with van der Waals surface area (Å²) in [6.45, 7) is 7.34. The van der Waals surface area contributed by atoms with Crippen LogP contribution in [-0.2, 0) is 19.1 Å². The predicted octanol–water partition coefficient (Wildman–Crippen LogP) is 4.12. The molecule has 0 saturated heterocycles. The van der Waals surface area contributed by atoms with Gasteiger partial charge in [-0.1, -0.05) is 11.8 Å². The minimum atomic E-state index is -1.07. The molecule has 0 aliphatic carbocycles. The van der Waals surface area contributed by atoms with E-state index in [4.69, 9.17) is 9.47 Å². The number of thioether (sulfide) groups is 1. The lowest BCUT2D eigenvalue weighted by Crippen LogP contribution is -2.44. The van der Waals surface area contributed by atoms with Gasteiger partial charge in [0.15, 0.2) is 11.8 Å². The molecule has 2 heterocycles. The molecule has 164 valence electrons. The molecule has 0 bridgehead atoms. The number of hydrogen-bond acceptors (Lipinski definition) is 8. The molecule has 0 radical (unpaired) electrons. The summed E-state index contributed by atoms with van der Waals surface area (Å²) in [5.74, 6) is -2.04. The Bertz CT molecular complexity index is 1120. The Labute approximate surface area is 192 Å². The molecule has 31 heavy (non-hydrogen) atoms. The Morgan fingerprint density at radius 2 is 1.77 bits per heavy atom. The van der Waals surface area contributed by atoms with Gasteiger partial charge in [0.25, 0.3) is 0 Å². The average molecular weight is 508 g/mol. The first kappa shape index (κ1) is 23.1. The molecule has 9 heteroatoms. The third kappa shape index (κ3) is 3.70. The Morgan fingerprint density at radius 1 is 1.13 bits per heavy atom. The topological polar surface area (TPSA) is 93.1 Å². The number of halogens is 1. The van der Waals surface area contributed by atoms with Gasteiger partial charge in [-0.25, -0.2) is 9.59 Å². The summed E-state index contributed by atoms with van der Waals surface area (Å²) >= 11 is 4.67. The van der Waals surface area contributed by atoms with Gasteiger partial charge in [0.2, 0.25) is 0 Å². The van der Waals surface area contributed by atoms with E-state index in [1.165, 1.54) is 32.1 Å². The van der Waals surface area contributed by atoms with Crippen LogP contribution in [0.1, 0.15) is 35.3 Å². The largest absolute Gasteiger partial charge is 0.506 e. The standard InChI is InChI=1S/C22H22BrNO6S/c1-9-7-14(19(26)16(23)10(9)2)18(25)15-8-13(21(27)29-5)17(22(28)30-6)24-11(3)12(4)31-20(15)24/h7-8,17,26H,1-6H3. The second-order valence-electron chi connectivity index (χ2n) is 7.21. The normalized spacial score (nSPS) is 18.1. The Morgan fingerprint density at radius 3 is 2.35 bits per heavy atom. The Kier molecular flexibility index (Phi) is 6.38. The summed E-state index contributed by atoms with van der Waals surface area (Å²) in [6, 6.07) is 0.537. The van der Waals surface area contributed by atoms with Gasteiger partial charge >= 0.3 is 11.9 Å². The van der Waals surface area contributed by atoms with Gasteiger partial charge in [0.1, 0.15) is 5.75 Å². The van der Waals surface area contributed by atoms with Gasteiger partial charge in [-0.05, 0) is 66.9 Å². The number of aromatic hydroxyl groups is 1. The van der Waals surface area contributed by atoms with Crippen molar-refractivity contribution in [2.75, 3.05) is 14.2 Å². The fraction of sp³-hybridized carbons (Fsp3) is 0.318. The van der Waals surface area contributed by atoms with Crippen molar-refractivity contribution in [2.24, 2.45) is 0 Å². The van der Waals surface area contributed by atoms with Crippen molar-refractivity contribution >= 4 is 45.4 Å². The van der Waals surface area contributed by atoms with E-state index in [9.17, 15) is 19.5 Å². The molecule has 1 aromatic rings. The number of benzene rings is 1. The maximum absolute atomic E-state index is 13.6. The number of fused-ring (bicyclic) bond motifs is 1. The Hall–Kier alpha value is -2.52. The first-order valence-electron chi connectivity index (χ1n) is 9.35. The lowest BCUT2D eigenvalue weighted by Gasteiger charge is -2.34. The first-order chi connectivity index (χ1) is 14.5. The highest BCUT2D eigenvalue weighted by Gasteiger charge is 2.45. The zero-order chi connectivity index (χ0) is 23.2. The van der Waals surface area contributed by atoms with Crippen LogP contribution in [0, 0.1) is 13.8 Å². The number of esters is 2. The smallest absolute Gasteiger partial charge is 0.336 e. The van der Waals surface area contributed by atoms with Crippen molar-refractivity contribution in [1.29, 1.82) is 0 Å². The van der Waals surface area contributed by atoms with E-state index >= 15 is 0 Å². The second kappa shape index (κ2) is 8.55. The number of phenolic OH excluding ortho intramolecular Hbond substituents is 1. The number of ether oxygens (including phenoxy) is 2. The highest BCUT2D eigenvalue weighted by molar-refractivity contribution is 9.10. The summed E-state index contributed by atoms with van der Waals surface area (Å²) in [5, 5.41) is 11.1. The summed E-state index contributed by atoms with van der Waals surface area (Å²) < 4.78 is 10.3. The van der Waals surface area contributed by atoms with Crippen molar-refractivity contribution in [1.82, 2.24) is 4.90 Å². The number of carbonyl (C=O) groups is 3. The molecule has 0 aromatic heterocycles. The van der Waals surface area contributed by atoms with E-state index in [2.05, 4.69) is 15.9 Å². The maximum Gasteiger partial charge on any atom is 0.336 e. The Balaban J connectivity index is 2.27. The van der Waals surface area contributed by atoms with Crippen molar-refractivity contribution < 1.29 is 29.0 Å². The molecule has 1 unspecified atom stereocenters. The fourth-order valence-corrected chi connectivity index (χ4v) is 5.16. The fourth-order valence-electron chi connectivity index (χ4n) is 3.50.